The molecule has 0 radical (unpaired) electrons. The Morgan fingerprint density at radius 2 is 1.85 bits per heavy atom. The summed E-state index contributed by atoms with van der Waals surface area (Å²) in [6, 6.07) is 0. The van der Waals surface area contributed by atoms with Gasteiger partial charge in [0.05, 0.1) is 0 Å². The molecule has 0 bridgehead atoms. The first-order valence-corrected chi connectivity index (χ1v) is 5.60. The normalized spacial score (nSPS) is 16.9. The van der Waals surface area contributed by atoms with Crippen molar-refractivity contribution in [2.24, 2.45) is 0 Å². The zero-order valence-corrected chi connectivity index (χ0v) is 8.87. The Bertz CT molecular complexity index is 219. The van der Waals surface area contributed by atoms with E-state index in [-0.39, 0.29) is 6.42 Å². The Morgan fingerprint density at radius 1 is 1.31 bits per heavy atom. The lowest BCUT2D eigenvalue weighted by Gasteiger charge is -2.19. The van der Waals surface area contributed by atoms with E-state index in [2.05, 4.69) is 0 Å². The predicted molar refractivity (Wildman–Crippen MR) is 47.8 cm³/mol. The van der Waals surface area contributed by atoms with Crippen molar-refractivity contribution in [3.8, 4) is 0 Å². The zero-order valence-electron chi connectivity index (χ0n) is 8.06. The number of hydrogen-bond acceptors (Lipinski definition) is 4. The molecule has 0 aromatic carbocycles. The Labute approximate surface area is 78.8 Å². The van der Waals surface area contributed by atoms with Gasteiger partial charge in [-0.05, 0) is 12.8 Å². The van der Waals surface area contributed by atoms with Gasteiger partial charge in [0.15, 0.2) is 11.7 Å². The van der Waals surface area contributed by atoms with E-state index in [1.807, 2.05) is 0 Å². The number of ether oxygens (including phenoxy) is 2. The molecule has 0 heterocycles. The highest BCUT2D eigenvalue weighted by Gasteiger charge is 2.24. The first kappa shape index (κ1) is 12.8. The smallest absolute Gasteiger partial charge is 0.292 e. The summed E-state index contributed by atoms with van der Waals surface area (Å²) in [5.74, 6) is 0. The van der Waals surface area contributed by atoms with E-state index in [0.717, 1.165) is 0 Å². The van der Waals surface area contributed by atoms with Crippen LogP contribution in [0, 0.1) is 0 Å². The van der Waals surface area contributed by atoms with Crippen molar-refractivity contribution in [2.75, 3.05) is 7.11 Å². The molecule has 5 nitrogen and oxygen atoms in total. The van der Waals surface area contributed by atoms with E-state index in [1.54, 1.807) is 13.8 Å². The van der Waals surface area contributed by atoms with Crippen molar-refractivity contribution < 1.29 is 22.4 Å². The van der Waals surface area contributed by atoms with Crippen molar-refractivity contribution in [3.63, 3.8) is 0 Å². The molecule has 0 aromatic heterocycles. The number of rotatable bonds is 6. The van der Waals surface area contributed by atoms with Gasteiger partial charge >= 0.3 is 0 Å². The monoisotopic (exact) mass is 212 g/mol. The number of hydrogen-bond donors (Lipinski definition) is 1. The summed E-state index contributed by atoms with van der Waals surface area (Å²) in [6.45, 7) is 3.41. The maximum absolute atomic E-state index is 10.7. The lowest BCUT2D eigenvalue weighted by atomic mass is 10.4. The molecule has 0 aliphatic heterocycles. The topological polar surface area (TPSA) is 72.8 Å². The van der Waals surface area contributed by atoms with E-state index in [4.69, 9.17) is 14.0 Å². The largest absolute Gasteiger partial charge is 0.356 e. The third-order valence-corrected chi connectivity index (χ3v) is 2.67. The highest BCUT2D eigenvalue weighted by Crippen LogP contribution is 2.11. The molecule has 0 saturated carbocycles. The second-order valence-corrected chi connectivity index (χ2v) is 4.12. The molecule has 13 heavy (non-hydrogen) atoms. The van der Waals surface area contributed by atoms with Crippen LogP contribution in [0.2, 0.25) is 0 Å². The molecule has 0 aliphatic carbocycles. The van der Waals surface area contributed by atoms with Gasteiger partial charge in [-0.2, -0.15) is 8.42 Å². The molecule has 0 saturated heterocycles. The van der Waals surface area contributed by atoms with Crippen LogP contribution in [0.4, 0.5) is 0 Å². The summed E-state index contributed by atoms with van der Waals surface area (Å²) in [4.78, 5) is 0. The van der Waals surface area contributed by atoms with E-state index < -0.39 is 21.8 Å². The molecule has 0 rings (SSSR count). The van der Waals surface area contributed by atoms with Gasteiger partial charge in [0.25, 0.3) is 10.1 Å². The van der Waals surface area contributed by atoms with E-state index >= 15 is 0 Å². The van der Waals surface area contributed by atoms with Gasteiger partial charge < -0.3 is 9.47 Å². The second kappa shape index (κ2) is 5.54. The van der Waals surface area contributed by atoms with Crippen LogP contribution in [0.25, 0.3) is 0 Å². The highest BCUT2D eigenvalue weighted by atomic mass is 32.2. The minimum absolute atomic E-state index is 0.193. The van der Waals surface area contributed by atoms with Crippen LogP contribution in [0.3, 0.4) is 0 Å². The molecule has 0 aliphatic rings. The van der Waals surface area contributed by atoms with Crippen LogP contribution in [0.5, 0.6) is 0 Å². The fraction of sp³-hybridized carbons (Fsp3) is 1.00. The van der Waals surface area contributed by atoms with Gasteiger partial charge in [-0.1, -0.05) is 13.8 Å². The summed E-state index contributed by atoms with van der Waals surface area (Å²) in [5, 5.41) is 0. The maximum atomic E-state index is 10.7. The van der Waals surface area contributed by atoms with Gasteiger partial charge in [-0.25, -0.2) is 0 Å². The minimum atomic E-state index is -4.13. The van der Waals surface area contributed by atoms with Crippen molar-refractivity contribution >= 4 is 10.1 Å². The molecule has 1 N–H and O–H groups in total. The van der Waals surface area contributed by atoms with Crippen LogP contribution < -0.4 is 0 Å². The first-order valence-electron chi connectivity index (χ1n) is 4.10. The van der Waals surface area contributed by atoms with Gasteiger partial charge in [-0.15, -0.1) is 0 Å². The fourth-order valence-electron chi connectivity index (χ4n) is 0.865. The average Bonchev–Trinajstić information content (AvgIpc) is 2.04. The predicted octanol–water partition coefficient (Wildman–Crippen LogP) is 1.01. The molecular weight excluding hydrogens is 196 g/mol. The molecular formula is C7H16O5S. The lowest BCUT2D eigenvalue weighted by Crippen LogP contribution is -2.29. The van der Waals surface area contributed by atoms with Gasteiger partial charge in [0.2, 0.25) is 0 Å². The van der Waals surface area contributed by atoms with Crippen LogP contribution >= 0.6 is 0 Å². The van der Waals surface area contributed by atoms with Crippen LogP contribution in [-0.2, 0) is 19.6 Å². The average molecular weight is 212 g/mol. The summed E-state index contributed by atoms with van der Waals surface area (Å²) >= 11 is 0. The summed E-state index contributed by atoms with van der Waals surface area (Å²) in [6.07, 6.45) is 0.133. The molecule has 0 fully saturated rings. The summed E-state index contributed by atoms with van der Waals surface area (Å²) < 4.78 is 40.0. The third-order valence-electron chi connectivity index (χ3n) is 1.57. The minimum Gasteiger partial charge on any atom is -0.356 e. The number of methoxy groups -OCH3 is 1. The standard InChI is InChI=1S/C7H16O5S/c1-4-6(11-3)12-7(5-2)13(8,9)10/h6-7H,4-5H2,1-3H3,(H,8,9,10). The second-order valence-electron chi connectivity index (χ2n) is 2.56. The van der Waals surface area contributed by atoms with Crippen LogP contribution in [0.15, 0.2) is 0 Å². The van der Waals surface area contributed by atoms with E-state index in [1.165, 1.54) is 7.11 Å². The van der Waals surface area contributed by atoms with Crippen LogP contribution in [-0.4, -0.2) is 31.8 Å². The van der Waals surface area contributed by atoms with E-state index in [9.17, 15) is 8.42 Å². The van der Waals surface area contributed by atoms with E-state index in [0.29, 0.717) is 6.42 Å². The molecule has 0 amide bonds. The Kier molecular flexibility index (Phi) is 5.46. The maximum Gasteiger partial charge on any atom is 0.292 e. The zero-order chi connectivity index (χ0) is 10.5. The van der Waals surface area contributed by atoms with Crippen molar-refractivity contribution in [3.05, 3.63) is 0 Å². The Morgan fingerprint density at radius 3 is 2.08 bits per heavy atom. The molecule has 2 atom stereocenters. The quantitative estimate of drug-likeness (QED) is 0.525. The summed E-state index contributed by atoms with van der Waals surface area (Å²) in [7, 11) is -2.71. The SMILES string of the molecule is CCC(OC)OC(CC)S(=O)(=O)O. The third kappa shape index (κ3) is 4.56. The Balaban J connectivity index is 4.29. The molecule has 2 unspecified atom stereocenters. The van der Waals surface area contributed by atoms with Crippen molar-refractivity contribution in [2.45, 2.75) is 38.4 Å². The van der Waals surface area contributed by atoms with Crippen molar-refractivity contribution in [1.82, 2.24) is 0 Å². The molecule has 6 heteroatoms. The highest BCUT2D eigenvalue weighted by molar-refractivity contribution is 7.86. The Hall–Kier alpha value is -0.170. The van der Waals surface area contributed by atoms with Gasteiger partial charge in [0, 0.05) is 7.11 Å². The van der Waals surface area contributed by atoms with Crippen molar-refractivity contribution in [1.29, 1.82) is 0 Å². The molecule has 0 aromatic rings. The van der Waals surface area contributed by atoms with Gasteiger partial charge in [0.1, 0.15) is 0 Å². The van der Waals surface area contributed by atoms with Gasteiger partial charge in [-0.3, -0.25) is 4.55 Å². The van der Waals surface area contributed by atoms with Crippen LogP contribution in [0.1, 0.15) is 26.7 Å². The lowest BCUT2D eigenvalue weighted by molar-refractivity contribution is -0.137. The first-order chi connectivity index (χ1) is 5.95. The molecule has 80 valence electrons. The fourth-order valence-corrected chi connectivity index (χ4v) is 1.55. The molecule has 0 spiro atoms. The summed E-state index contributed by atoms with van der Waals surface area (Å²) in [5.41, 5.74) is -1.20.